The number of phosphoric ester groups is 1. The van der Waals surface area contributed by atoms with Crippen LogP contribution in [0.5, 0.6) is 0 Å². The number of esters is 2. The summed E-state index contributed by atoms with van der Waals surface area (Å²) in [6.07, 6.45) is 52.2. The fraction of sp³-hybridized carbons (Fsp3) is 0.574. The maximum Gasteiger partial charge on any atom is 0.472 e. The lowest BCUT2D eigenvalue weighted by Crippen LogP contribution is -2.29. The number of phosphoric acid groups is 1. The minimum atomic E-state index is -4.42. The zero-order valence-corrected chi connectivity index (χ0v) is 36.5. The van der Waals surface area contributed by atoms with Crippen LogP contribution in [-0.2, 0) is 32.7 Å². The molecule has 0 aliphatic heterocycles. The average Bonchev–Trinajstić information content (AvgIpc) is 3.21. The third-order valence-electron chi connectivity index (χ3n) is 8.31. The predicted octanol–water partition coefficient (Wildman–Crippen LogP) is 11.4. The predicted molar refractivity (Wildman–Crippen MR) is 239 cm³/mol. The first-order chi connectivity index (χ1) is 28.2. The van der Waals surface area contributed by atoms with Crippen LogP contribution in [-0.4, -0.2) is 60.5 Å². The summed E-state index contributed by atoms with van der Waals surface area (Å²) in [4.78, 5) is 34.8. The van der Waals surface area contributed by atoms with E-state index in [1.807, 2.05) is 31.2 Å². The molecule has 328 valence electrons. The lowest BCUT2D eigenvalue weighted by molar-refractivity contribution is -0.161. The van der Waals surface area contributed by atoms with Gasteiger partial charge in [0.05, 0.1) is 19.3 Å². The Kier molecular flexibility index (Phi) is 39.4. The van der Waals surface area contributed by atoms with Gasteiger partial charge in [-0.2, -0.15) is 0 Å². The van der Waals surface area contributed by atoms with Crippen LogP contribution in [0.3, 0.4) is 0 Å². The zero-order chi connectivity index (χ0) is 42.6. The fourth-order valence-corrected chi connectivity index (χ4v) is 5.71. The molecule has 0 aromatic carbocycles. The van der Waals surface area contributed by atoms with Crippen molar-refractivity contribution in [3.8, 4) is 0 Å². The average molecular weight is 830 g/mol. The van der Waals surface area contributed by atoms with Crippen LogP contribution in [0.4, 0.5) is 0 Å². The molecule has 0 aromatic heterocycles. The van der Waals surface area contributed by atoms with Crippen molar-refractivity contribution in [1.82, 2.24) is 0 Å². The van der Waals surface area contributed by atoms with Crippen molar-refractivity contribution in [3.05, 3.63) is 109 Å². The number of rotatable bonds is 38. The summed E-state index contributed by atoms with van der Waals surface area (Å²) in [5.41, 5.74) is 5.33. The molecule has 4 N–H and O–H groups in total. The molecule has 0 fully saturated rings. The number of hydrogen-bond acceptors (Lipinski definition) is 9. The highest BCUT2D eigenvalue weighted by Crippen LogP contribution is 2.43. The zero-order valence-electron chi connectivity index (χ0n) is 35.6. The van der Waals surface area contributed by atoms with Crippen molar-refractivity contribution in [2.45, 2.75) is 148 Å². The Morgan fingerprint density at radius 2 is 1.05 bits per heavy atom. The van der Waals surface area contributed by atoms with Gasteiger partial charge in [0.15, 0.2) is 6.10 Å². The molecule has 0 bridgehead atoms. The van der Waals surface area contributed by atoms with Gasteiger partial charge in [-0.1, -0.05) is 136 Å². The van der Waals surface area contributed by atoms with E-state index in [2.05, 4.69) is 92.0 Å². The number of unbranched alkanes of at least 4 members (excludes halogenated alkanes) is 4. The maximum atomic E-state index is 12.6. The van der Waals surface area contributed by atoms with Crippen LogP contribution < -0.4 is 5.73 Å². The standard InChI is InChI=1S/C47H76NO9P/c1-3-5-6-7-8-9-10-11-12-13-14-15-16-20-23-26-29-32-35-38-46(50)54-42-45(43-56-58(52,53)55-41-40-48)57-47(51)39-36-33-30-27-24-21-18-17-19-22-25-28-31-34-37-44(49)4-2/h8-9,11-12,14-15,18-23,27-32,44-45,49H,3-7,10,13,16-17,24-26,33-43,48H2,1-2H3,(H,52,53)/b9-8-,12-11-,15-14-,21-18-,22-19-,23-20-,30-27-,31-28-,32-29-/t44-,45-/m1/s1. The van der Waals surface area contributed by atoms with Crippen molar-refractivity contribution < 1.29 is 42.7 Å². The van der Waals surface area contributed by atoms with Crippen LogP contribution in [0.25, 0.3) is 0 Å². The smallest absolute Gasteiger partial charge is 0.462 e. The van der Waals surface area contributed by atoms with E-state index in [1.165, 1.54) is 25.7 Å². The van der Waals surface area contributed by atoms with Gasteiger partial charge < -0.3 is 25.2 Å². The Balaban J connectivity index is 4.42. The molecule has 0 aliphatic carbocycles. The number of hydrogen-bond donors (Lipinski definition) is 3. The van der Waals surface area contributed by atoms with Gasteiger partial charge in [0.1, 0.15) is 6.61 Å². The highest BCUT2D eigenvalue weighted by Gasteiger charge is 2.25. The molecule has 58 heavy (non-hydrogen) atoms. The molecule has 0 spiro atoms. The van der Waals surface area contributed by atoms with Gasteiger partial charge in [0, 0.05) is 19.4 Å². The van der Waals surface area contributed by atoms with Crippen molar-refractivity contribution >= 4 is 19.8 Å². The van der Waals surface area contributed by atoms with Gasteiger partial charge in [0.25, 0.3) is 0 Å². The quantitative estimate of drug-likeness (QED) is 0.0237. The number of ether oxygens (including phenoxy) is 2. The number of allylic oxidation sites excluding steroid dienone is 18. The summed E-state index contributed by atoms with van der Waals surface area (Å²) in [6.45, 7) is 3.23. The monoisotopic (exact) mass is 830 g/mol. The lowest BCUT2D eigenvalue weighted by atomic mass is 10.1. The minimum absolute atomic E-state index is 0.0232. The summed E-state index contributed by atoms with van der Waals surface area (Å²) < 4.78 is 32.6. The van der Waals surface area contributed by atoms with E-state index >= 15 is 0 Å². The largest absolute Gasteiger partial charge is 0.472 e. The van der Waals surface area contributed by atoms with Crippen molar-refractivity contribution in [1.29, 1.82) is 0 Å². The van der Waals surface area contributed by atoms with Gasteiger partial charge in [-0.05, 0) is 96.3 Å². The Bertz CT molecular complexity index is 1330. The number of aliphatic hydroxyl groups is 1. The summed E-state index contributed by atoms with van der Waals surface area (Å²) in [5.74, 6) is -1.02. The van der Waals surface area contributed by atoms with Crippen molar-refractivity contribution in [2.75, 3.05) is 26.4 Å². The molecule has 10 nitrogen and oxygen atoms in total. The molecule has 0 aromatic rings. The molecule has 0 radical (unpaired) electrons. The van der Waals surface area contributed by atoms with Gasteiger partial charge in [-0.3, -0.25) is 18.6 Å². The van der Waals surface area contributed by atoms with Crippen LogP contribution in [0, 0.1) is 0 Å². The van der Waals surface area contributed by atoms with Crippen molar-refractivity contribution in [3.63, 3.8) is 0 Å². The van der Waals surface area contributed by atoms with Crippen LogP contribution in [0.15, 0.2) is 109 Å². The first-order valence-electron chi connectivity index (χ1n) is 21.4. The van der Waals surface area contributed by atoms with E-state index in [-0.39, 0.29) is 38.7 Å². The van der Waals surface area contributed by atoms with E-state index in [0.717, 1.165) is 64.2 Å². The summed E-state index contributed by atoms with van der Waals surface area (Å²) in [6, 6.07) is 0. The van der Waals surface area contributed by atoms with Crippen molar-refractivity contribution in [2.24, 2.45) is 5.73 Å². The third-order valence-corrected chi connectivity index (χ3v) is 9.29. The van der Waals surface area contributed by atoms with E-state index in [1.54, 1.807) is 0 Å². The minimum Gasteiger partial charge on any atom is -0.462 e. The molecule has 11 heteroatoms. The Hall–Kier alpha value is -3.37. The number of aliphatic hydroxyl groups excluding tert-OH is 1. The summed E-state index contributed by atoms with van der Waals surface area (Å²) in [5, 5.41) is 9.56. The Labute approximate surface area is 351 Å². The topological polar surface area (TPSA) is 155 Å². The van der Waals surface area contributed by atoms with E-state index < -0.39 is 32.5 Å². The first-order valence-corrected chi connectivity index (χ1v) is 22.9. The molecule has 0 amide bonds. The SMILES string of the molecule is CCCCC/C=C\C/C=C\C/C=C\C/C=C\C/C=C\CCC(=O)OC[C@H](COP(=O)(O)OCCN)OC(=O)CCC/C=C\C/C=C\C/C=C\C/C=C\CC[C@H](O)CC. The molecule has 0 saturated heterocycles. The Morgan fingerprint density at radius 3 is 1.53 bits per heavy atom. The second kappa shape index (κ2) is 41.8. The summed E-state index contributed by atoms with van der Waals surface area (Å²) >= 11 is 0. The molecular formula is C47H76NO9P. The molecule has 0 rings (SSSR count). The third kappa shape index (κ3) is 40.8. The van der Waals surface area contributed by atoms with Gasteiger partial charge in [-0.25, -0.2) is 4.57 Å². The van der Waals surface area contributed by atoms with Crippen LogP contribution in [0.2, 0.25) is 0 Å². The lowest BCUT2D eigenvalue weighted by Gasteiger charge is -2.19. The maximum absolute atomic E-state index is 12.6. The van der Waals surface area contributed by atoms with Crippen LogP contribution in [0.1, 0.15) is 136 Å². The molecule has 0 saturated carbocycles. The number of carbonyl (C=O) groups excluding carboxylic acids is 2. The highest BCUT2D eigenvalue weighted by atomic mass is 31.2. The van der Waals surface area contributed by atoms with Crippen LogP contribution >= 0.6 is 7.82 Å². The second-order valence-corrected chi connectivity index (χ2v) is 15.1. The molecule has 1 unspecified atom stereocenters. The van der Waals surface area contributed by atoms with Gasteiger partial charge in [0.2, 0.25) is 0 Å². The number of nitrogens with two attached hydrogens (primary N) is 1. The highest BCUT2D eigenvalue weighted by molar-refractivity contribution is 7.47. The van der Waals surface area contributed by atoms with E-state index in [0.29, 0.717) is 19.3 Å². The molecule has 0 aliphatic rings. The summed E-state index contributed by atoms with van der Waals surface area (Å²) in [7, 11) is -4.42. The van der Waals surface area contributed by atoms with E-state index in [9.17, 15) is 24.2 Å². The Morgan fingerprint density at radius 1 is 0.586 bits per heavy atom. The fourth-order valence-electron chi connectivity index (χ4n) is 4.94. The number of carbonyl (C=O) groups is 2. The normalized spacial score (nSPS) is 14.9. The van der Waals surface area contributed by atoms with Gasteiger partial charge >= 0.3 is 19.8 Å². The van der Waals surface area contributed by atoms with Gasteiger partial charge in [-0.15, -0.1) is 0 Å². The second-order valence-electron chi connectivity index (χ2n) is 13.6. The molecule has 3 atom stereocenters. The molecule has 0 heterocycles. The first kappa shape index (κ1) is 54.6. The van der Waals surface area contributed by atoms with E-state index in [4.69, 9.17) is 24.3 Å². The molecular weight excluding hydrogens is 753 g/mol.